The van der Waals surface area contributed by atoms with Gasteiger partial charge in [0.1, 0.15) is 18.7 Å². The number of ether oxygens (including phenoxy) is 2. The fourth-order valence-corrected chi connectivity index (χ4v) is 4.96. The molecule has 2 N–H and O–H groups in total. The number of alkyl carbamates (subject to hydrolysis) is 1. The third-order valence-electron chi connectivity index (χ3n) is 6.60. The molecule has 1 fully saturated rings. The second-order valence-corrected chi connectivity index (χ2v) is 8.69. The summed E-state index contributed by atoms with van der Waals surface area (Å²) in [7, 11) is 1.57. The number of likely N-dealkylation sites (tertiary alicyclic amines) is 1. The number of nitrogens with one attached hydrogen (secondary N) is 1. The Balaban J connectivity index is 1.43. The van der Waals surface area contributed by atoms with Gasteiger partial charge < -0.3 is 24.8 Å². The van der Waals surface area contributed by atoms with Crippen molar-refractivity contribution in [1.82, 2.24) is 10.2 Å². The zero-order chi connectivity index (χ0) is 24.1. The third-order valence-corrected chi connectivity index (χ3v) is 6.60. The van der Waals surface area contributed by atoms with E-state index in [4.69, 9.17) is 9.47 Å². The fourth-order valence-electron chi connectivity index (χ4n) is 4.96. The quantitative estimate of drug-likeness (QED) is 0.549. The highest BCUT2D eigenvalue weighted by Gasteiger charge is 2.38. The van der Waals surface area contributed by atoms with Crippen molar-refractivity contribution >= 4 is 18.0 Å². The van der Waals surface area contributed by atoms with Gasteiger partial charge in [-0.2, -0.15) is 0 Å². The fraction of sp³-hybridized carbons (Fsp3) is 0.423. The zero-order valence-corrected chi connectivity index (χ0v) is 19.2. The number of carbonyl (C=O) groups is 3. The van der Waals surface area contributed by atoms with Crippen LogP contribution in [0.3, 0.4) is 0 Å². The topological polar surface area (TPSA) is 105 Å². The maximum Gasteiger partial charge on any atom is 0.407 e. The molecule has 180 valence electrons. The summed E-state index contributed by atoms with van der Waals surface area (Å²) in [6, 6.07) is 14.4. The Morgan fingerprint density at radius 1 is 1.09 bits per heavy atom. The highest BCUT2D eigenvalue weighted by Crippen LogP contribution is 2.44. The molecule has 1 aliphatic carbocycles. The molecular weight excluding hydrogens is 436 g/mol. The number of rotatable bonds is 9. The van der Waals surface area contributed by atoms with E-state index < -0.39 is 30.1 Å². The zero-order valence-electron chi connectivity index (χ0n) is 19.2. The maximum atomic E-state index is 13.1. The molecule has 1 heterocycles. The lowest BCUT2D eigenvalue weighted by atomic mass is 9.98. The van der Waals surface area contributed by atoms with Gasteiger partial charge >= 0.3 is 12.1 Å². The molecule has 2 amide bonds. The standard InChI is InChI=1S/C26H30N2O6/c1-33-15-7-12-22(24(29)28-14-6-13-23(28)25(30)31)27-26(32)34-16-21-19-10-4-2-8-17(19)18-9-3-5-11-20(18)21/h2-5,8-11,21-23H,6-7,12-16H2,1H3,(H,27,32)(H,30,31). The molecule has 0 radical (unpaired) electrons. The van der Waals surface area contributed by atoms with Crippen LogP contribution < -0.4 is 5.32 Å². The van der Waals surface area contributed by atoms with Crippen molar-refractivity contribution < 1.29 is 29.0 Å². The van der Waals surface area contributed by atoms with Gasteiger partial charge in [-0.25, -0.2) is 9.59 Å². The van der Waals surface area contributed by atoms with E-state index >= 15 is 0 Å². The van der Waals surface area contributed by atoms with Gasteiger partial charge in [-0.05, 0) is 47.9 Å². The number of hydrogen-bond acceptors (Lipinski definition) is 5. The Morgan fingerprint density at radius 3 is 2.35 bits per heavy atom. The van der Waals surface area contributed by atoms with Crippen LogP contribution in [0.1, 0.15) is 42.7 Å². The molecule has 2 aliphatic rings. The lowest BCUT2D eigenvalue weighted by Gasteiger charge is -2.27. The van der Waals surface area contributed by atoms with E-state index in [-0.39, 0.29) is 12.5 Å². The van der Waals surface area contributed by atoms with E-state index in [9.17, 15) is 19.5 Å². The summed E-state index contributed by atoms with van der Waals surface area (Å²) in [6.45, 7) is 0.932. The Bertz CT molecular complexity index is 1010. The highest BCUT2D eigenvalue weighted by molar-refractivity contribution is 5.89. The summed E-state index contributed by atoms with van der Waals surface area (Å²) >= 11 is 0. The number of nitrogens with zero attached hydrogens (tertiary/aromatic N) is 1. The Kier molecular flexibility index (Phi) is 7.47. The smallest absolute Gasteiger partial charge is 0.407 e. The van der Waals surface area contributed by atoms with Gasteiger partial charge in [0, 0.05) is 26.2 Å². The number of benzene rings is 2. The lowest BCUT2D eigenvalue weighted by Crippen LogP contribution is -2.52. The van der Waals surface area contributed by atoms with Crippen LogP contribution in [0.4, 0.5) is 4.79 Å². The molecular formula is C26H30N2O6. The van der Waals surface area contributed by atoms with Crippen molar-refractivity contribution in [2.75, 3.05) is 26.9 Å². The van der Waals surface area contributed by atoms with E-state index in [2.05, 4.69) is 17.4 Å². The maximum absolute atomic E-state index is 13.1. The van der Waals surface area contributed by atoms with Gasteiger partial charge in [0.15, 0.2) is 0 Å². The molecule has 1 aliphatic heterocycles. The molecule has 0 bridgehead atoms. The molecule has 4 rings (SSSR count). The van der Waals surface area contributed by atoms with Crippen LogP contribution in [-0.4, -0.2) is 66.9 Å². The molecule has 0 aromatic heterocycles. The lowest BCUT2D eigenvalue weighted by molar-refractivity contribution is -0.149. The number of carbonyl (C=O) groups excluding carboxylic acids is 2. The van der Waals surface area contributed by atoms with Gasteiger partial charge in [-0.1, -0.05) is 48.5 Å². The van der Waals surface area contributed by atoms with Gasteiger partial charge in [-0.3, -0.25) is 4.79 Å². The minimum absolute atomic E-state index is 0.0873. The SMILES string of the molecule is COCCCC(NC(=O)OCC1c2ccccc2-c2ccccc21)C(=O)N1CCCC1C(=O)O. The molecule has 8 heteroatoms. The van der Waals surface area contributed by atoms with Crippen molar-refractivity contribution in [3.63, 3.8) is 0 Å². The van der Waals surface area contributed by atoms with E-state index in [1.54, 1.807) is 7.11 Å². The second-order valence-electron chi connectivity index (χ2n) is 8.69. The van der Waals surface area contributed by atoms with Crippen LogP contribution in [0, 0.1) is 0 Å². The number of carboxylic acid groups (broad SMARTS) is 1. The first-order valence-corrected chi connectivity index (χ1v) is 11.6. The number of methoxy groups -OCH3 is 1. The van der Waals surface area contributed by atoms with E-state index in [0.717, 1.165) is 22.3 Å². The van der Waals surface area contributed by atoms with Crippen molar-refractivity contribution in [2.24, 2.45) is 0 Å². The number of hydrogen-bond donors (Lipinski definition) is 2. The van der Waals surface area contributed by atoms with Gasteiger partial charge in [0.2, 0.25) is 5.91 Å². The number of carboxylic acids is 1. The minimum Gasteiger partial charge on any atom is -0.480 e. The highest BCUT2D eigenvalue weighted by atomic mass is 16.5. The van der Waals surface area contributed by atoms with E-state index in [1.165, 1.54) is 4.90 Å². The van der Waals surface area contributed by atoms with E-state index in [0.29, 0.717) is 38.8 Å². The molecule has 1 saturated heterocycles. The minimum atomic E-state index is -1.03. The largest absolute Gasteiger partial charge is 0.480 e. The summed E-state index contributed by atoms with van der Waals surface area (Å²) in [6.07, 6.45) is 1.22. The van der Waals surface area contributed by atoms with Gasteiger partial charge in [-0.15, -0.1) is 0 Å². The first-order chi connectivity index (χ1) is 16.5. The molecule has 2 aromatic rings. The molecule has 8 nitrogen and oxygen atoms in total. The van der Waals surface area contributed by atoms with Crippen LogP contribution in [0.15, 0.2) is 48.5 Å². The van der Waals surface area contributed by atoms with Crippen LogP contribution in [0.5, 0.6) is 0 Å². The number of amides is 2. The molecule has 2 aromatic carbocycles. The predicted octanol–water partition coefficient (Wildman–Crippen LogP) is 3.40. The normalized spacial score (nSPS) is 17.7. The van der Waals surface area contributed by atoms with Crippen LogP contribution in [-0.2, 0) is 19.1 Å². The summed E-state index contributed by atoms with van der Waals surface area (Å²) in [4.78, 5) is 38.8. The first kappa shape index (κ1) is 23.8. The summed E-state index contributed by atoms with van der Waals surface area (Å²) in [5.41, 5.74) is 4.47. The van der Waals surface area contributed by atoms with Gasteiger partial charge in [0.05, 0.1) is 0 Å². The van der Waals surface area contributed by atoms with Crippen molar-refractivity contribution in [1.29, 1.82) is 0 Å². The van der Waals surface area contributed by atoms with Crippen molar-refractivity contribution in [3.05, 3.63) is 59.7 Å². The molecule has 34 heavy (non-hydrogen) atoms. The molecule has 0 saturated carbocycles. The Hall–Kier alpha value is -3.39. The van der Waals surface area contributed by atoms with Crippen LogP contribution in [0.2, 0.25) is 0 Å². The van der Waals surface area contributed by atoms with Crippen LogP contribution >= 0.6 is 0 Å². The van der Waals surface area contributed by atoms with Crippen LogP contribution in [0.25, 0.3) is 11.1 Å². The average molecular weight is 467 g/mol. The summed E-state index contributed by atoms with van der Waals surface area (Å²) in [5, 5.41) is 12.1. The third kappa shape index (κ3) is 4.92. The summed E-state index contributed by atoms with van der Waals surface area (Å²) in [5.74, 6) is -1.51. The Morgan fingerprint density at radius 2 is 1.74 bits per heavy atom. The molecule has 0 spiro atoms. The first-order valence-electron chi connectivity index (χ1n) is 11.6. The number of fused-ring (bicyclic) bond motifs is 3. The average Bonchev–Trinajstić information content (AvgIpc) is 3.45. The van der Waals surface area contributed by atoms with Gasteiger partial charge in [0.25, 0.3) is 0 Å². The predicted molar refractivity (Wildman–Crippen MR) is 125 cm³/mol. The monoisotopic (exact) mass is 466 g/mol. The molecule has 2 unspecified atom stereocenters. The second kappa shape index (κ2) is 10.7. The van der Waals surface area contributed by atoms with Crippen molar-refractivity contribution in [2.45, 2.75) is 43.7 Å². The molecule has 2 atom stereocenters. The van der Waals surface area contributed by atoms with E-state index in [1.807, 2.05) is 36.4 Å². The van der Waals surface area contributed by atoms with Crippen molar-refractivity contribution in [3.8, 4) is 11.1 Å². The number of aliphatic carboxylic acids is 1. The Labute approximate surface area is 198 Å². The summed E-state index contributed by atoms with van der Waals surface area (Å²) < 4.78 is 10.7.